The molecule has 1 atom stereocenters. The lowest BCUT2D eigenvalue weighted by Crippen LogP contribution is -2.30. The van der Waals surface area contributed by atoms with Crippen LogP contribution in [0.15, 0.2) is 40.5 Å². The summed E-state index contributed by atoms with van der Waals surface area (Å²) in [5, 5.41) is 12.9. The predicted octanol–water partition coefficient (Wildman–Crippen LogP) is 2.94. The Balaban J connectivity index is 2.51. The second-order valence-electron chi connectivity index (χ2n) is 4.26. The lowest BCUT2D eigenvalue weighted by atomic mass is 9.96. The maximum Gasteiger partial charge on any atom is 0.335 e. The van der Waals surface area contributed by atoms with E-state index in [4.69, 9.17) is 0 Å². The van der Waals surface area contributed by atoms with Crippen molar-refractivity contribution in [1.82, 2.24) is 5.32 Å². The van der Waals surface area contributed by atoms with Gasteiger partial charge in [-0.15, -0.1) is 0 Å². The molecule has 1 heterocycles. The van der Waals surface area contributed by atoms with Crippen LogP contribution in [0.3, 0.4) is 0 Å². The van der Waals surface area contributed by atoms with Gasteiger partial charge in [0.2, 0.25) is 0 Å². The maximum atomic E-state index is 13.9. The van der Waals surface area contributed by atoms with Crippen molar-refractivity contribution in [2.45, 2.75) is 19.9 Å². The van der Waals surface area contributed by atoms with Gasteiger partial charge in [0.05, 0.1) is 5.57 Å². The molecule has 1 aromatic rings. The molecule has 1 aliphatic rings. The number of carbonyl (C=O) groups is 1. The van der Waals surface area contributed by atoms with Gasteiger partial charge in [-0.25, -0.2) is 14.2 Å². The molecule has 0 amide bonds. The summed E-state index contributed by atoms with van der Waals surface area (Å²) in [5.41, 5.74) is 0.854. The highest BCUT2D eigenvalue weighted by Crippen LogP contribution is 2.33. The van der Waals surface area contributed by atoms with Crippen molar-refractivity contribution in [3.05, 3.63) is 46.9 Å². The number of thioether (sulfide) groups is 1. The highest BCUT2D eigenvalue weighted by atomic mass is 32.2. The fourth-order valence-electron chi connectivity index (χ4n) is 2.06. The Morgan fingerprint density at radius 3 is 2.80 bits per heavy atom. The fraction of sp³-hybridized carbons (Fsp3) is 0.286. The molecular weight excluding hydrogens is 279 g/mol. The summed E-state index contributed by atoms with van der Waals surface area (Å²) in [7, 11) is 0. The number of benzene rings is 1. The molecule has 4 nitrogen and oxygen atoms in total. The van der Waals surface area contributed by atoms with E-state index in [1.54, 1.807) is 25.1 Å². The van der Waals surface area contributed by atoms with E-state index in [2.05, 4.69) is 10.3 Å². The molecule has 1 aliphatic heterocycles. The zero-order chi connectivity index (χ0) is 14.7. The minimum atomic E-state index is -1.09. The molecular formula is C14H15FN2O2S. The third kappa shape index (κ3) is 2.85. The molecule has 0 aromatic heterocycles. The van der Waals surface area contributed by atoms with Gasteiger partial charge in [-0.2, -0.15) is 0 Å². The first kappa shape index (κ1) is 14.6. The van der Waals surface area contributed by atoms with Crippen LogP contribution < -0.4 is 5.32 Å². The highest BCUT2D eigenvalue weighted by molar-refractivity contribution is 8.13. The summed E-state index contributed by atoms with van der Waals surface area (Å²) in [6, 6.07) is 5.32. The second-order valence-corrected chi connectivity index (χ2v) is 5.51. The molecule has 1 aromatic carbocycles. The number of nitrogens with one attached hydrogen (secondary N) is 1. The largest absolute Gasteiger partial charge is 0.478 e. The predicted molar refractivity (Wildman–Crippen MR) is 78.2 cm³/mol. The van der Waals surface area contributed by atoms with Crippen LogP contribution in [0.25, 0.3) is 0 Å². The van der Waals surface area contributed by atoms with Crippen molar-refractivity contribution in [2.24, 2.45) is 4.99 Å². The first-order valence-corrected chi connectivity index (χ1v) is 7.19. The topological polar surface area (TPSA) is 61.7 Å². The van der Waals surface area contributed by atoms with Gasteiger partial charge >= 0.3 is 5.97 Å². The van der Waals surface area contributed by atoms with Crippen molar-refractivity contribution in [3.63, 3.8) is 0 Å². The van der Waals surface area contributed by atoms with Crippen LogP contribution in [0.5, 0.6) is 0 Å². The summed E-state index contributed by atoms with van der Waals surface area (Å²) < 4.78 is 13.9. The van der Waals surface area contributed by atoms with Gasteiger partial charge in [0.1, 0.15) is 11.9 Å². The van der Waals surface area contributed by atoms with E-state index < -0.39 is 17.8 Å². The van der Waals surface area contributed by atoms with Gasteiger partial charge in [0, 0.05) is 11.3 Å². The molecule has 106 valence electrons. The maximum absolute atomic E-state index is 13.9. The fourth-order valence-corrected chi connectivity index (χ4v) is 2.73. The van der Waals surface area contributed by atoms with Crippen LogP contribution >= 0.6 is 11.8 Å². The minimum absolute atomic E-state index is 0.0792. The smallest absolute Gasteiger partial charge is 0.335 e. The van der Waals surface area contributed by atoms with Gasteiger partial charge in [0.25, 0.3) is 0 Å². The van der Waals surface area contributed by atoms with Crippen molar-refractivity contribution < 1.29 is 14.3 Å². The van der Waals surface area contributed by atoms with E-state index in [1.807, 2.05) is 6.92 Å². The van der Waals surface area contributed by atoms with Gasteiger partial charge in [-0.1, -0.05) is 36.9 Å². The minimum Gasteiger partial charge on any atom is -0.478 e. The van der Waals surface area contributed by atoms with E-state index in [9.17, 15) is 14.3 Å². The van der Waals surface area contributed by atoms with Crippen molar-refractivity contribution in [1.29, 1.82) is 0 Å². The van der Waals surface area contributed by atoms with E-state index >= 15 is 0 Å². The standard InChI is InChI=1S/C14H15FN2O2S/c1-3-20-14-16-8(2)11(13(18)19)12(17-14)9-6-4-5-7-10(9)15/h4-7,12H,3H2,1-2H3,(H,16,17)(H,18,19). The van der Waals surface area contributed by atoms with Crippen LogP contribution in [0.4, 0.5) is 4.39 Å². The number of amidine groups is 1. The van der Waals surface area contributed by atoms with Crippen LogP contribution in [-0.2, 0) is 4.79 Å². The van der Waals surface area contributed by atoms with Gasteiger partial charge in [-0.3, -0.25) is 0 Å². The molecule has 2 rings (SSSR count). The van der Waals surface area contributed by atoms with Crippen LogP contribution in [0.2, 0.25) is 0 Å². The number of aliphatic carboxylic acids is 1. The molecule has 6 heteroatoms. The second kappa shape index (κ2) is 6.09. The zero-order valence-electron chi connectivity index (χ0n) is 11.2. The molecule has 0 saturated carbocycles. The molecule has 0 bridgehead atoms. The quantitative estimate of drug-likeness (QED) is 0.899. The van der Waals surface area contributed by atoms with E-state index in [0.29, 0.717) is 10.9 Å². The molecule has 0 spiro atoms. The van der Waals surface area contributed by atoms with Crippen LogP contribution in [0, 0.1) is 5.82 Å². The average molecular weight is 294 g/mol. The number of halogens is 1. The number of nitrogens with zero attached hydrogens (tertiary/aromatic N) is 1. The number of hydrogen-bond donors (Lipinski definition) is 2. The number of carboxylic acid groups (broad SMARTS) is 1. The van der Waals surface area contributed by atoms with Crippen LogP contribution in [0.1, 0.15) is 25.5 Å². The Morgan fingerprint density at radius 1 is 1.50 bits per heavy atom. The third-order valence-corrected chi connectivity index (χ3v) is 3.70. The zero-order valence-corrected chi connectivity index (χ0v) is 12.0. The molecule has 0 aliphatic carbocycles. The Bertz CT molecular complexity index is 599. The molecule has 20 heavy (non-hydrogen) atoms. The number of aliphatic imine (C=N–C) groups is 1. The van der Waals surface area contributed by atoms with Gasteiger partial charge in [-0.05, 0) is 18.7 Å². The summed E-state index contributed by atoms with van der Waals surface area (Å²) in [6.07, 6.45) is 0. The number of rotatable bonds is 3. The Kier molecular flexibility index (Phi) is 4.44. The molecule has 0 radical (unpaired) electrons. The first-order chi connectivity index (χ1) is 9.54. The van der Waals surface area contributed by atoms with E-state index in [-0.39, 0.29) is 11.1 Å². The van der Waals surface area contributed by atoms with Crippen molar-refractivity contribution in [2.75, 3.05) is 5.75 Å². The Morgan fingerprint density at radius 2 is 2.20 bits per heavy atom. The summed E-state index contributed by atoms with van der Waals surface area (Å²) in [4.78, 5) is 15.8. The molecule has 2 N–H and O–H groups in total. The summed E-state index contributed by atoms with van der Waals surface area (Å²) in [5.74, 6) is -0.742. The Hall–Kier alpha value is -1.82. The van der Waals surface area contributed by atoms with E-state index in [0.717, 1.165) is 5.75 Å². The normalized spacial score (nSPS) is 18.6. The SMILES string of the molecule is CCSC1=NC(c2ccccc2F)C(C(=O)O)=C(C)N1. The molecule has 0 fully saturated rings. The lowest BCUT2D eigenvalue weighted by Gasteiger charge is -2.24. The van der Waals surface area contributed by atoms with Gasteiger partial charge < -0.3 is 10.4 Å². The number of carboxylic acids is 1. The number of hydrogen-bond acceptors (Lipinski definition) is 4. The van der Waals surface area contributed by atoms with Crippen molar-refractivity contribution >= 4 is 22.9 Å². The van der Waals surface area contributed by atoms with Crippen molar-refractivity contribution in [3.8, 4) is 0 Å². The monoisotopic (exact) mass is 294 g/mol. The summed E-state index contributed by atoms with van der Waals surface area (Å²) >= 11 is 1.46. The van der Waals surface area contributed by atoms with Crippen LogP contribution in [-0.4, -0.2) is 22.0 Å². The van der Waals surface area contributed by atoms with E-state index in [1.165, 1.54) is 17.8 Å². The Labute approximate surface area is 120 Å². The molecule has 0 saturated heterocycles. The first-order valence-electron chi connectivity index (χ1n) is 6.20. The summed E-state index contributed by atoms with van der Waals surface area (Å²) in [6.45, 7) is 3.64. The molecule has 1 unspecified atom stereocenters. The lowest BCUT2D eigenvalue weighted by molar-refractivity contribution is -0.133. The highest BCUT2D eigenvalue weighted by Gasteiger charge is 2.30. The van der Waals surface area contributed by atoms with Gasteiger partial charge in [0.15, 0.2) is 5.17 Å². The number of allylic oxidation sites excluding steroid dienone is 1. The average Bonchev–Trinajstić information content (AvgIpc) is 2.38. The third-order valence-electron chi connectivity index (χ3n) is 2.93.